The Balaban J connectivity index is 2.61. The SMILES string of the molecule is CCc1ccc(C(C)CC(C)NC)cc1. The maximum atomic E-state index is 3.29. The van der Waals surface area contributed by atoms with Crippen LogP contribution in [0.2, 0.25) is 0 Å². The van der Waals surface area contributed by atoms with E-state index in [9.17, 15) is 0 Å². The van der Waals surface area contributed by atoms with Crippen LogP contribution in [0.3, 0.4) is 0 Å². The van der Waals surface area contributed by atoms with Gasteiger partial charge in [0.25, 0.3) is 0 Å². The summed E-state index contributed by atoms with van der Waals surface area (Å²) >= 11 is 0. The highest BCUT2D eigenvalue weighted by Gasteiger charge is 2.08. The van der Waals surface area contributed by atoms with Crippen LogP contribution in [0, 0.1) is 0 Å². The lowest BCUT2D eigenvalue weighted by atomic mass is 9.93. The summed E-state index contributed by atoms with van der Waals surface area (Å²) in [6, 6.07) is 9.62. The highest BCUT2D eigenvalue weighted by molar-refractivity contribution is 5.25. The van der Waals surface area contributed by atoms with Crippen LogP contribution in [0.1, 0.15) is 44.2 Å². The zero-order valence-corrected chi connectivity index (χ0v) is 10.4. The van der Waals surface area contributed by atoms with Crippen molar-refractivity contribution in [1.29, 1.82) is 0 Å². The fourth-order valence-electron chi connectivity index (χ4n) is 1.87. The average molecular weight is 205 g/mol. The molecule has 15 heavy (non-hydrogen) atoms. The zero-order valence-electron chi connectivity index (χ0n) is 10.4. The molecule has 0 saturated heterocycles. The largest absolute Gasteiger partial charge is 0.317 e. The minimum absolute atomic E-state index is 0.589. The monoisotopic (exact) mass is 205 g/mol. The highest BCUT2D eigenvalue weighted by atomic mass is 14.8. The summed E-state index contributed by atoms with van der Waals surface area (Å²) in [5.74, 6) is 0.637. The fourth-order valence-corrected chi connectivity index (χ4v) is 1.87. The van der Waals surface area contributed by atoms with Gasteiger partial charge in [-0.15, -0.1) is 0 Å². The minimum atomic E-state index is 0.589. The summed E-state index contributed by atoms with van der Waals surface area (Å²) in [6.45, 7) is 6.73. The van der Waals surface area contributed by atoms with Gasteiger partial charge in [-0.3, -0.25) is 0 Å². The van der Waals surface area contributed by atoms with Gasteiger partial charge in [0.05, 0.1) is 0 Å². The van der Waals surface area contributed by atoms with Crippen molar-refractivity contribution in [2.24, 2.45) is 0 Å². The van der Waals surface area contributed by atoms with Gasteiger partial charge in [0, 0.05) is 6.04 Å². The first-order valence-corrected chi connectivity index (χ1v) is 5.93. The van der Waals surface area contributed by atoms with Crippen LogP contribution in [-0.4, -0.2) is 13.1 Å². The van der Waals surface area contributed by atoms with Crippen molar-refractivity contribution >= 4 is 0 Å². The Morgan fingerprint density at radius 2 is 1.73 bits per heavy atom. The second kappa shape index (κ2) is 5.92. The van der Waals surface area contributed by atoms with Gasteiger partial charge >= 0.3 is 0 Å². The van der Waals surface area contributed by atoms with E-state index < -0.39 is 0 Å². The van der Waals surface area contributed by atoms with Crippen molar-refractivity contribution < 1.29 is 0 Å². The average Bonchev–Trinajstić information content (AvgIpc) is 2.29. The summed E-state index contributed by atoms with van der Waals surface area (Å²) in [5.41, 5.74) is 2.88. The van der Waals surface area contributed by atoms with E-state index in [0.717, 1.165) is 6.42 Å². The number of aryl methyl sites for hydroxylation is 1. The molecule has 1 aromatic rings. The molecule has 1 heteroatoms. The molecule has 0 aliphatic heterocycles. The smallest absolute Gasteiger partial charge is 0.00414 e. The molecule has 0 spiro atoms. The van der Waals surface area contributed by atoms with E-state index in [1.54, 1.807) is 0 Å². The molecular weight excluding hydrogens is 182 g/mol. The standard InChI is InChI=1S/C14H23N/c1-5-13-6-8-14(9-7-13)11(2)10-12(3)15-4/h6-9,11-12,15H,5,10H2,1-4H3. The van der Waals surface area contributed by atoms with E-state index in [1.807, 2.05) is 7.05 Å². The number of hydrogen-bond acceptors (Lipinski definition) is 1. The van der Waals surface area contributed by atoms with Crippen LogP contribution in [0.15, 0.2) is 24.3 Å². The third-order valence-corrected chi connectivity index (χ3v) is 3.16. The third kappa shape index (κ3) is 3.67. The molecule has 0 aromatic heterocycles. The molecule has 1 rings (SSSR count). The van der Waals surface area contributed by atoms with Gasteiger partial charge in [0.1, 0.15) is 0 Å². The molecule has 0 fully saturated rings. The number of nitrogens with one attached hydrogen (secondary N) is 1. The molecule has 2 unspecified atom stereocenters. The first-order valence-electron chi connectivity index (χ1n) is 5.93. The normalized spacial score (nSPS) is 14.9. The van der Waals surface area contributed by atoms with Crippen LogP contribution >= 0.6 is 0 Å². The minimum Gasteiger partial charge on any atom is -0.317 e. The second-order valence-corrected chi connectivity index (χ2v) is 4.42. The molecule has 0 heterocycles. The first-order chi connectivity index (χ1) is 7.17. The molecule has 0 aliphatic rings. The molecule has 0 radical (unpaired) electrons. The van der Waals surface area contributed by atoms with E-state index in [1.165, 1.54) is 17.5 Å². The van der Waals surface area contributed by atoms with Gasteiger partial charge in [-0.1, -0.05) is 38.1 Å². The lowest BCUT2D eigenvalue weighted by molar-refractivity contribution is 0.516. The number of hydrogen-bond donors (Lipinski definition) is 1. The van der Waals surface area contributed by atoms with Crippen molar-refractivity contribution in [3.63, 3.8) is 0 Å². The van der Waals surface area contributed by atoms with Crippen molar-refractivity contribution in [1.82, 2.24) is 5.32 Å². The van der Waals surface area contributed by atoms with E-state index >= 15 is 0 Å². The van der Waals surface area contributed by atoms with Crippen LogP contribution in [0.4, 0.5) is 0 Å². The topological polar surface area (TPSA) is 12.0 Å². The molecule has 0 amide bonds. The third-order valence-electron chi connectivity index (χ3n) is 3.16. The van der Waals surface area contributed by atoms with Gasteiger partial charge in [0.15, 0.2) is 0 Å². The van der Waals surface area contributed by atoms with Gasteiger partial charge in [0.2, 0.25) is 0 Å². The molecular formula is C14H23N. The van der Waals surface area contributed by atoms with E-state index in [4.69, 9.17) is 0 Å². The Labute approximate surface area is 93.9 Å². The Morgan fingerprint density at radius 3 is 2.20 bits per heavy atom. The lowest BCUT2D eigenvalue weighted by Gasteiger charge is -2.17. The molecule has 0 saturated carbocycles. The Morgan fingerprint density at radius 1 is 1.13 bits per heavy atom. The highest BCUT2D eigenvalue weighted by Crippen LogP contribution is 2.20. The summed E-state index contributed by atoms with van der Waals surface area (Å²) in [5, 5.41) is 3.29. The van der Waals surface area contributed by atoms with Crippen LogP contribution in [0.5, 0.6) is 0 Å². The molecule has 84 valence electrons. The molecule has 1 nitrogen and oxygen atoms in total. The predicted molar refractivity (Wildman–Crippen MR) is 67.4 cm³/mol. The molecule has 1 aromatic carbocycles. The molecule has 1 N–H and O–H groups in total. The van der Waals surface area contributed by atoms with Gasteiger partial charge in [-0.25, -0.2) is 0 Å². The van der Waals surface area contributed by atoms with Crippen molar-refractivity contribution in [3.05, 3.63) is 35.4 Å². The van der Waals surface area contributed by atoms with Crippen molar-refractivity contribution in [3.8, 4) is 0 Å². The summed E-state index contributed by atoms with van der Waals surface area (Å²) in [4.78, 5) is 0. The number of rotatable bonds is 5. The molecule has 0 bridgehead atoms. The maximum Gasteiger partial charge on any atom is 0.00414 e. The summed E-state index contributed by atoms with van der Waals surface area (Å²) in [6.07, 6.45) is 2.32. The lowest BCUT2D eigenvalue weighted by Crippen LogP contribution is -2.22. The summed E-state index contributed by atoms with van der Waals surface area (Å²) in [7, 11) is 2.03. The Bertz CT molecular complexity index is 276. The fraction of sp³-hybridized carbons (Fsp3) is 0.571. The number of benzene rings is 1. The Hall–Kier alpha value is -0.820. The van der Waals surface area contributed by atoms with Crippen LogP contribution < -0.4 is 5.32 Å². The quantitative estimate of drug-likeness (QED) is 0.777. The molecule has 2 atom stereocenters. The first kappa shape index (κ1) is 12.3. The summed E-state index contributed by atoms with van der Waals surface area (Å²) < 4.78 is 0. The van der Waals surface area contributed by atoms with Gasteiger partial charge < -0.3 is 5.32 Å². The Kier molecular flexibility index (Phi) is 4.83. The predicted octanol–water partition coefficient (Wildman–Crippen LogP) is 3.35. The van der Waals surface area contributed by atoms with Crippen molar-refractivity contribution in [2.75, 3.05) is 7.05 Å². The van der Waals surface area contributed by atoms with Crippen LogP contribution in [-0.2, 0) is 6.42 Å². The van der Waals surface area contributed by atoms with E-state index in [0.29, 0.717) is 12.0 Å². The zero-order chi connectivity index (χ0) is 11.3. The van der Waals surface area contributed by atoms with Gasteiger partial charge in [-0.05, 0) is 43.9 Å². The van der Waals surface area contributed by atoms with Crippen molar-refractivity contribution in [2.45, 2.75) is 45.6 Å². The van der Waals surface area contributed by atoms with Crippen LogP contribution in [0.25, 0.3) is 0 Å². The van der Waals surface area contributed by atoms with Gasteiger partial charge in [-0.2, -0.15) is 0 Å². The van der Waals surface area contributed by atoms with E-state index in [-0.39, 0.29) is 0 Å². The second-order valence-electron chi connectivity index (χ2n) is 4.42. The molecule has 0 aliphatic carbocycles. The maximum absolute atomic E-state index is 3.29. The van der Waals surface area contributed by atoms with E-state index in [2.05, 4.69) is 50.4 Å².